The first-order chi connectivity index (χ1) is 8.63. The minimum absolute atomic E-state index is 0.0732. The van der Waals surface area contributed by atoms with Gasteiger partial charge >= 0.3 is 0 Å². The molecule has 0 spiro atoms. The smallest absolute Gasteiger partial charge is 0.255 e. The van der Waals surface area contributed by atoms with Crippen LogP contribution in [0.5, 0.6) is 0 Å². The van der Waals surface area contributed by atoms with E-state index in [1.54, 1.807) is 12.1 Å². The minimum Gasteiger partial charge on any atom is -0.339 e. The molecule has 0 unspecified atom stereocenters. The lowest BCUT2D eigenvalue weighted by Crippen LogP contribution is -2.38. The van der Waals surface area contributed by atoms with Gasteiger partial charge in [-0.05, 0) is 46.8 Å². The molecule has 0 radical (unpaired) electrons. The molecule has 2 rings (SSSR count). The molecule has 0 bridgehead atoms. The molecule has 0 aromatic heterocycles. The van der Waals surface area contributed by atoms with Crippen LogP contribution in [0.2, 0.25) is 0 Å². The van der Waals surface area contributed by atoms with E-state index in [-0.39, 0.29) is 16.2 Å². The van der Waals surface area contributed by atoms with Crippen LogP contribution in [0.1, 0.15) is 36.5 Å². The van der Waals surface area contributed by atoms with E-state index in [9.17, 15) is 9.18 Å². The number of hydrogen-bond acceptors (Lipinski definition) is 1. The Hall–Kier alpha value is -0.900. The predicted molar refractivity (Wildman–Crippen MR) is 73.0 cm³/mol. The van der Waals surface area contributed by atoms with Crippen molar-refractivity contribution in [1.82, 2.24) is 4.90 Å². The van der Waals surface area contributed by atoms with Crippen molar-refractivity contribution >= 4 is 21.8 Å². The molecule has 4 heteroatoms. The van der Waals surface area contributed by atoms with E-state index in [1.807, 2.05) is 4.90 Å². The van der Waals surface area contributed by atoms with Crippen molar-refractivity contribution in [3.05, 3.63) is 34.1 Å². The predicted octanol–water partition coefficient (Wildman–Crippen LogP) is 3.85. The molecular weight excluding hydrogens is 297 g/mol. The Bertz CT molecular complexity index is 441. The van der Waals surface area contributed by atoms with Gasteiger partial charge in [-0.15, -0.1) is 0 Å². The summed E-state index contributed by atoms with van der Waals surface area (Å²) in [4.78, 5) is 14.1. The second kappa shape index (κ2) is 5.83. The van der Waals surface area contributed by atoms with E-state index in [4.69, 9.17) is 0 Å². The summed E-state index contributed by atoms with van der Waals surface area (Å²) >= 11 is 3.15. The molecule has 0 aliphatic carbocycles. The third-order valence-electron chi connectivity index (χ3n) is 3.66. The van der Waals surface area contributed by atoms with Gasteiger partial charge in [0, 0.05) is 13.1 Å². The van der Waals surface area contributed by atoms with Gasteiger partial charge in [-0.2, -0.15) is 0 Å². The Balaban J connectivity index is 2.10. The number of carbonyl (C=O) groups is 1. The zero-order valence-corrected chi connectivity index (χ0v) is 12.0. The summed E-state index contributed by atoms with van der Waals surface area (Å²) in [6.45, 7) is 3.74. The molecule has 98 valence electrons. The highest BCUT2D eigenvalue weighted by Crippen LogP contribution is 2.25. The van der Waals surface area contributed by atoms with Crippen molar-refractivity contribution in [1.29, 1.82) is 0 Å². The Morgan fingerprint density at radius 1 is 1.44 bits per heavy atom. The Morgan fingerprint density at radius 3 is 2.72 bits per heavy atom. The fourth-order valence-corrected chi connectivity index (χ4v) is 2.82. The Morgan fingerprint density at radius 2 is 2.11 bits per heavy atom. The molecule has 1 amide bonds. The number of carbonyl (C=O) groups excluding carboxylic acids is 1. The summed E-state index contributed by atoms with van der Waals surface area (Å²) in [7, 11) is 0. The van der Waals surface area contributed by atoms with Crippen molar-refractivity contribution in [2.24, 2.45) is 5.92 Å². The molecule has 1 aromatic rings. The van der Waals surface area contributed by atoms with E-state index >= 15 is 0 Å². The first-order valence-corrected chi connectivity index (χ1v) is 7.16. The van der Waals surface area contributed by atoms with E-state index in [0.29, 0.717) is 5.56 Å². The number of hydrogen-bond donors (Lipinski definition) is 0. The lowest BCUT2D eigenvalue weighted by atomic mass is 9.94. The lowest BCUT2D eigenvalue weighted by Gasteiger charge is -2.31. The maximum atomic E-state index is 13.4. The van der Waals surface area contributed by atoms with Gasteiger partial charge in [0.05, 0.1) is 10.0 Å². The van der Waals surface area contributed by atoms with Crippen LogP contribution < -0.4 is 0 Å². The highest BCUT2D eigenvalue weighted by molar-refractivity contribution is 9.10. The van der Waals surface area contributed by atoms with Crippen LogP contribution in [0, 0.1) is 11.7 Å². The molecular formula is C14H17BrFNO. The van der Waals surface area contributed by atoms with Crippen molar-refractivity contribution in [2.75, 3.05) is 13.1 Å². The van der Waals surface area contributed by atoms with Crippen LogP contribution in [-0.4, -0.2) is 23.9 Å². The molecule has 1 aliphatic rings. The SMILES string of the molecule is CCC1CCN(C(=O)c2cccc(F)c2Br)CC1. The monoisotopic (exact) mass is 313 g/mol. The normalized spacial score (nSPS) is 16.9. The average molecular weight is 314 g/mol. The highest BCUT2D eigenvalue weighted by Gasteiger charge is 2.24. The van der Waals surface area contributed by atoms with Gasteiger partial charge in [-0.25, -0.2) is 4.39 Å². The maximum Gasteiger partial charge on any atom is 0.255 e. The van der Waals surface area contributed by atoms with Crippen LogP contribution in [-0.2, 0) is 0 Å². The van der Waals surface area contributed by atoms with Crippen molar-refractivity contribution in [3.63, 3.8) is 0 Å². The third kappa shape index (κ3) is 2.74. The van der Waals surface area contributed by atoms with Crippen LogP contribution in [0.15, 0.2) is 22.7 Å². The topological polar surface area (TPSA) is 20.3 Å². The van der Waals surface area contributed by atoms with Crippen LogP contribution in [0.25, 0.3) is 0 Å². The number of piperidine rings is 1. The van der Waals surface area contributed by atoms with Gasteiger partial charge in [-0.1, -0.05) is 19.4 Å². The summed E-state index contributed by atoms with van der Waals surface area (Å²) < 4.78 is 13.7. The summed E-state index contributed by atoms with van der Waals surface area (Å²) in [5.41, 5.74) is 0.421. The number of benzene rings is 1. The van der Waals surface area contributed by atoms with Gasteiger partial charge in [0.2, 0.25) is 0 Å². The molecule has 18 heavy (non-hydrogen) atoms. The van der Waals surface area contributed by atoms with Crippen LogP contribution >= 0.6 is 15.9 Å². The molecule has 2 nitrogen and oxygen atoms in total. The Kier molecular flexibility index (Phi) is 4.38. The number of halogens is 2. The van der Waals surface area contributed by atoms with E-state index in [2.05, 4.69) is 22.9 Å². The quantitative estimate of drug-likeness (QED) is 0.812. The van der Waals surface area contributed by atoms with Gasteiger partial charge in [0.25, 0.3) is 5.91 Å². The van der Waals surface area contributed by atoms with Gasteiger partial charge in [0.15, 0.2) is 0 Å². The minimum atomic E-state index is -0.385. The second-order valence-corrected chi connectivity index (χ2v) is 5.54. The number of amides is 1. The maximum absolute atomic E-state index is 13.4. The van der Waals surface area contributed by atoms with Crippen LogP contribution in [0.4, 0.5) is 4.39 Å². The van der Waals surface area contributed by atoms with Crippen molar-refractivity contribution in [2.45, 2.75) is 26.2 Å². The number of rotatable bonds is 2. The zero-order chi connectivity index (χ0) is 13.1. The lowest BCUT2D eigenvalue weighted by molar-refractivity contribution is 0.0687. The molecule has 1 aliphatic heterocycles. The molecule has 1 saturated heterocycles. The molecule has 1 fully saturated rings. The largest absolute Gasteiger partial charge is 0.339 e. The summed E-state index contributed by atoms with van der Waals surface area (Å²) in [5.74, 6) is 0.269. The fourth-order valence-electron chi connectivity index (χ4n) is 2.38. The summed E-state index contributed by atoms with van der Waals surface area (Å²) in [5, 5.41) is 0. The van der Waals surface area contributed by atoms with Gasteiger partial charge < -0.3 is 4.90 Å². The third-order valence-corrected chi connectivity index (χ3v) is 4.47. The van der Waals surface area contributed by atoms with E-state index in [1.165, 1.54) is 12.5 Å². The van der Waals surface area contributed by atoms with E-state index in [0.717, 1.165) is 31.8 Å². The molecule has 1 heterocycles. The van der Waals surface area contributed by atoms with Crippen LogP contribution in [0.3, 0.4) is 0 Å². The number of likely N-dealkylation sites (tertiary alicyclic amines) is 1. The first-order valence-electron chi connectivity index (χ1n) is 6.36. The standard InChI is InChI=1S/C14H17BrFNO/c1-2-10-6-8-17(9-7-10)14(18)11-4-3-5-12(16)13(11)15/h3-5,10H,2,6-9H2,1H3. The van der Waals surface area contributed by atoms with E-state index < -0.39 is 0 Å². The van der Waals surface area contributed by atoms with Crippen molar-refractivity contribution in [3.8, 4) is 0 Å². The molecule has 0 saturated carbocycles. The summed E-state index contributed by atoms with van der Waals surface area (Å²) in [6, 6.07) is 4.59. The molecule has 1 aromatic carbocycles. The highest BCUT2D eigenvalue weighted by atomic mass is 79.9. The van der Waals surface area contributed by atoms with Gasteiger partial charge in [-0.3, -0.25) is 4.79 Å². The van der Waals surface area contributed by atoms with Crippen molar-refractivity contribution < 1.29 is 9.18 Å². The zero-order valence-electron chi connectivity index (χ0n) is 10.5. The van der Waals surface area contributed by atoms with Gasteiger partial charge in [0.1, 0.15) is 5.82 Å². The number of nitrogens with zero attached hydrogens (tertiary/aromatic N) is 1. The fraction of sp³-hybridized carbons (Fsp3) is 0.500. The Labute approximate surface area is 115 Å². The molecule has 0 atom stereocenters. The first kappa shape index (κ1) is 13.5. The molecule has 0 N–H and O–H groups in total. The second-order valence-electron chi connectivity index (χ2n) is 4.75. The average Bonchev–Trinajstić information content (AvgIpc) is 2.41. The summed E-state index contributed by atoms with van der Waals surface area (Å²) in [6.07, 6.45) is 3.27.